The van der Waals surface area contributed by atoms with Gasteiger partial charge in [-0.3, -0.25) is 0 Å². The van der Waals surface area contributed by atoms with Crippen molar-refractivity contribution < 1.29 is 0 Å². The fourth-order valence-corrected chi connectivity index (χ4v) is 0.380. The van der Waals surface area contributed by atoms with E-state index in [1.165, 1.54) is 0 Å². The van der Waals surface area contributed by atoms with Gasteiger partial charge in [-0.2, -0.15) is 0 Å². The van der Waals surface area contributed by atoms with Gasteiger partial charge in [0.1, 0.15) is 4.99 Å². The molecule has 0 saturated carbocycles. The first-order valence-electron chi connectivity index (χ1n) is 1.81. The molecule has 0 spiro atoms. The van der Waals surface area contributed by atoms with Crippen LogP contribution in [0.15, 0.2) is 10.3 Å². The van der Waals surface area contributed by atoms with Gasteiger partial charge in [-0.05, 0) is 0 Å². The van der Waals surface area contributed by atoms with Crippen LogP contribution in [-0.2, 0) is 0 Å². The third-order valence-corrected chi connectivity index (χ3v) is 0.756. The van der Waals surface area contributed by atoms with E-state index in [1.54, 1.807) is 0 Å². The summed E-state index contributed by atoms with van der Waals surface area (Å²) in [5.74, 6) is 0. The molecule has 0 aliphatic carbocycles. The second-order valence-corrected chi connectivity index (χ2v) is 1.53. The zero-order chi connectivity index (χ0) is 5.11. The number of hydrogen-bond acceptors (Lipinski definition) is 4. The number of nitrogens with zero attached hydrogens (tertiary/aromatic N) is 2. The first-order valence-corrected chi connectivity index (χ1v) is 2.22. The summed E-state index contributed by atoms with van der Waals surface area (Å²) in [4.78, 5) is 0.582. The molecule has 0 atom stereocenters. The van der Waals surface area contributed by atoms with Crippen LogP contribution in [0.2, 0.25) is 0 Å². The van der Waals surface area contributed by atoms with Crippen LogP contribution in [0.25, 0.3) is 0 Å². The van der Waals surface area contributed by atoms with Crippen LogP contribution in [0.1, 0.15) is 0 Å². The normalized spacial score (nSPS) is 19.1. The summed E-state index contributed by atoms with van der Waals surface area (Å²) >= 11 is 4.64. The second kappa shape index (κ2) is 1.94. The summed E-state index contributed by atoms with van der Waals surface area (Å²) in [6, 6.07) is 0. The summed E-state index contributed by atoms with van der Waals surface area (Å²) in [5, 5.41) is 6.89. The quantitative estimate of drug-likeness (QED) is 0.430. The number of rotatable bonds is 0. The largest absolute Gasteiger partial charge is 0.224 e. The van der Waals surface area contributed by atoms with Gasteiger partial charge in [-0.1, -0.05) is 17.4 Å². The van der Waals surface area contributed by atoms with Crippen molar-refractivity contribution in [2.24, 2.45) is 10.3 Å². The molecule has 0 fully saturated rings. The molecular formula is C2H4N4S. The van der Waals surface area contributed by atoms with E-state index in [0.29, 0.717) is 11.5 Å². The summed E-state index contributed by atoms with van der Waals surface area (Å²) in [6.45, 7) is 0.596. The molecule has 38 valence electrons. The number of hydrogen-bond donors (Lipinski definition) is 2. The van der Waals surface area contributed by atoms with Crippen molar-refractivity contribution >= 4 is 17.2 Å². The highest BCUT2D eigenvalue weighted by Gasteiger charge is 1.94. The molecule has 1 rings (SSSR count). The van der Waals surface area contributed by atoms with Crippen LogP contribution in [0.3, 0.4) is 0 Å². The Morgan fingerprint density at radius 2 is 2.57 bits per heavy atom. The zero-order valence-corrected chi connectivity index (χ0v) is 4.33. The Morgan fingerprint density at radius 3 is 2.86 bits per heavy atom. The smallest absolute Gasteiger partial charge is 0.143 e. The molecule has 0 unspecified atom stereocenters. The lowest BCUT2D eigenvalue weighted by atomic mass is 10.7. The predicted octanol–water partition coefficient (Wildman–Crippen LogP) is -0.211. The molecule has 0 bridgehead atoms. The highest BCUT2D eigenvalue weighted by Crippen LogP contribution is 1.81. The molecule has 0 radical (unpaired) electrons. The van der Waals surface area contributed by atoms with Crippen molar-refractivity contribution in [3.8, 4) is 0 Å². The van der Waals surface area contributed by atoms with E-state index in [-0.39, 0.29) is 0 Å². The molecule has 0 saturated heterocycles. The lowest BCUT2D eigenvalue weighted by molar-refractivity contribution is 0.559. The molecule has 7 heavy (non-hydrogen) atoms. The number of hydrazine groups is 1. The van der Waals surface area contributed by atoms with E-state index in [1.807, 2.05) is 0 Å². The molecule has 4 nitrogen and oxygen atoms in total. The molecule has 0 aromatic carbocycles. The fraction of sp³-hybridized carbons (Fsp3) is 0.500. The average Bonchev–Trinajstić information content (AvgIpc) is 1.69. The van der Waals surface area contributed by atoms with Gasteiger partial charge in [-0.15, -0.1) is 5.11 Å². The van der Waals surface area contributed by atoms with Crippen molar-refractivity contribution in [3.63, 3.8) is 0 Å². The van der Waals surface area contributed by atoms with Crippen LogP contribution in [0.5, 0.6) is 0 Å². The van der Waals surface area contributed by atoms with E-state index >= 15 is 0 Å². The minimum atomic E-state index is 0.582. The van der Waals surface area contributed by atoms with Crippen LogP contribution >= 0.6 is 12.2 Å². The summed E-state index contributed by atoms with van der Waals surface area (Å²) in [7, 11) is 0. The molecule has 1 aliphatic rings. The second-order valence-electron chi connectivity index (χ2n) is 1.06. The number of nitrogens with one attached hydrogen (secondary N) is 2. The summed E-state index contributed by atoms with van der Waals surface area (Å²) in [6.07, 6.45) is 0. The van der Waals surface area contributed by atoms with Gasteiger partial charge in [0, 0.05) is 0 Å². The van der Waals surface area contributed by atoms with Crippen LogP contribution in [-0.4, -0.2) is 11.5 Å². The zero-order valence-electron chi connectivity index (χ0n) is 3.51. The van der Waals surface area contributed by atoms with E-state index in [0.717, 1.165) is 0 Å². The molecule has 0 amide bonds. The first-order chi connectivity index (χ1) is 3.39. The molecule has 0 aromatic heterocycles. The van der Waals surface area contributed by atoms with Crippen LogP contribution in [0.4, 0.5) is 0 Å². The highest BCUT2D eigenvalue weighted by molar-refractivity contribution is 7.80. The van der Waals surface area contributed by atoms with Crippen LogP contribution < -0.4 is 11.0 Å². The topological polar surface area (TPSA) is 48.8 Å². The Hall–Kier alpha value is -0.550. The van der Waals surface area contributed by atoms with Crippen molar-refractivity contribution in [1.82, 2.24) is 11.0 Å². The molecule has 2 N–H and O–H groups in total. The van der Waals surface area contributed by atoms with Gasteiger partial charge in [0.25, 0.3) is 0 Å². The molecule has 5 heteroatoms. The maximum Gasteiger partial charge on any atom is 0.143 e. The van der Waals surface area contributed by atoms with Gasteiger partial charge < -0.3 is 0 Å². The Morgan fingerprint density at radius 1 is 1.71 bits per heavy atom. The fourth-order valence-electron chi connectivity index (χ4n) is 0.267. The van der Waals surface area contributed by atoms with Crippen molar-refractivity contribution in [2.75, 3.05) is 6.54 Å². The molecule has 0 aromatic rings. The van der Waals surface area contributed by atoms with E-state index in [2.05, 4.69) is 33.5 Å². The lowest BCUT2D eigenvalue weighted by Crippen LogP contribution is -2.34. The van der Waals surface area contributed by atoms with Gasteiger partial charge in [0.2, 0.25) is 0 Å². The third-order valence-electron chi connectivity index (χ3n) is 0.530. The minimum absolute atomic E-state index is 0.582. The van der Waals surface area contributed by atoms with Gasteiger partial charge in [0.05, 0.1) is 6.54 Å². The van der Waals surface area contributed by atoms with Crippen molar-refractivity contribution in [1.29, 1.82) is 0 Å². The van der Waals surface area contributed by atoms with E-state index in [9.17, 15) is 0 Å². The Balaban J connectivity index is 2.51. The lowest BCUT2D eigenvalue weighted by Gasteiger charge is -2.03. The maximum atomic E-state index is 4.64. The van der Waals surface area contributed by atoms with Gasteiger partial charge in [-0.25, -0.2) is 11.0 Å². The maximum absolute atomic E-state index is 4.64. The Bertz CT molecular complexity index is 108. The molecule has 1 aliphatic heterocycles. The standard InChI is InChI=1S/C2H4N4S/c7-2-1-3-5-6-4-2/h1H2,(H,3,6)(H,4,5,7). The SMILES string of the molecule is S=C1CNNN=N1. The highest BCUT2D eigenvalue weighted by atomic mass is 32.1. The number of thiocarbonyl (C=S) groups is 1. The minimum Gasteiger partial charge on any atom is -0.224 e. The van der Waals surface area contributed by atoms with Crippen molar-refractivity contribution in [2.45, 2.75) is 0 Å². The molecule has 1 heterocycles. The Kier molecular flexibility index (Phi) is 1.28. The van der Waals surface area contributed by atoms with E-state index in [4.69, 9.17) is 0 Å². The van der Waals surface area contributed by atoms with Crippen molar-refractivity contribution in [3.05, 3.63) is 0 Å². The first kappa shape index (κ1) is 4.61. The van der Waals surface area contributed by atoms with Gasteiger partial charge >= 0.3 is 0 Å². The third kappa shape index (κ3) is 1.17. The molecular weight excluding hydrogens is 112 g/mol. The predicted molar refractivity (Wildman–Crippen MR) is 28.6 cm³/mol. The summed E-state index contributed by atoms with van der Waals surface area (Å²) < 4.78 is 0. The Labute approximate surface area is 45.9 Å². The summed E-state index contributed by atoms with van der Waals surface area (Å²) in [5.41, 5.74) is 5.12. The van der Waals surface area contributed by atoms with Gasteiger partial charge in [0.15, 0.2) is 0 Å². The average molecular weight is 116 g/mol. The monoisotopic (exact) mass is 116 g/mol. The van der Waals surface area contributed by atoms with E-state index < -0.39 is 0 Å². The van der Waals surface area contributed by atoms with Crippen LogP contribution in [0, 0.1) is 0 Å².